The Morgan fingerprint density at radius 3 is 2.68 bits per heavy atom. The van der Waals surface area contributed by atoms with Gasteiger partial charge in [0.15, 0.2) is 5.75 Å². The van der Waals surface area contributed by atoms with E-state index in [4.69, 9.17) is 9.84 Å². The molecule has 0 unspecified atom stereocenters. The predicted octanol–water partition coefficient (Wildman–Crippen LogP) is 1.06. The fourth-order valence-electron chi connectivity index (χ4n) is 1.67. The molecule has 1 N–H and O–H groups in total. The first-order chi connectivity index (χ1) is 9.04. The summed E-state index contributed by atoms with van der Waals surface area (Å²) in [5, 5.41) is 19.7. The van der Waals surface area contributed by atoms with Crippen molar-refractivity contribution in [3.63, 3.8) is 0 Å². The van der Waals surface area contributed by atoms with E-state index in [0.717, 1.165) is 0 Å². The summed E-state index contributed by atoms with van der Waals surface area (Å²) >= 11 is 0. The number of methoxy groups -OCH3 is 1. The molecule has 1 amide bonds. The van der Waals surface area contributed by atoms with Crippen molar-refractivity contribution in [3.8, 4) is 5.75 Å². The van der Waals surface area contributed by atoms with Crippen molar-refractivity contribution in [2.75, 3.05) is 26.8 Å². The van der Waals surface area contributed by atoms with Crippen LogP contribution in [-0.4, -0.2) is 47.6 Å². The molecule has 0 aliphatic heterocycles. The molecule has 1 rings (SSSR count). The van der Waals surface area contributed by atoms with Gasteiger partial charge >= 0.3 is 5.69 Å². The van der Waals surface area contributed by atoms with Crippen molar-refractivity contribution in [1.82, 2.24) is 4.90 Å². The lowest BCUT2D eigenvalue weighted by Gasteiger charge is -2.19. The van der Waals surface area contributed by atoms with Gasteiger partial charge in [-0.05, 0) is 19.1 Å². The Morgan fingerprint density at radius 1 is 1.53 bits per heavy atom. The van der Waals surface area contributed by atoms with E-state index >= 15 is 0 Å². The molecule has 19 heavy (non-hydrogen) atoms. The van der Waals surface area contributed by atoms with Gasteiger partial charge in [-0.3, -0.25) is 14.9 Å². The fourth-order valence-corrected chi connectivity index (χ4v) is 1.67. The van der Waals surface area contributed by atoms with Gasteiger partial charge in [-0.1, -0.05) is 0 Å². The van der Waals surface area contributed by atoms with Crippen molar-refractivity contribution in [2.45, 2.75) is 6.92 Å². The topological polar surface area (TPSA) is 92.9 Å². The van der Waals surface area contributed by atoms with Crippen LogP contribution in [0.5, 0.6) is 5.75 Å². The first-order valence-electron chi connectivity index (χ1n) is 5.77. The quantitative estimate of drug-likeness (QED) is 0.615. The Bertz CT molecular complexity index is 475. The lowest BCUT2D eigenvalue weighted by Crippen LogP contribution is -2.33. The maximum atomic E-state index is 12.1. The SMILES string of the molecule is CCN(CCO)C(=O)c1ccc(OC)c([N+](=O)[O-])c1. The number of nitrogens with zero attached hydrogens (tertiary/aromatic N) is 2. The van der Waals surface area contributed by atoms with Gasteiger partial charge in [0.1, 0.15) is 0 Å². The van der Waals surface area contributed by atoms with Crippen molar-refractivity contribution < 1.29 is 19.6 Å². The number of ether oxygens (including phenoxy) is 1. The van der Waals surface area contributed by atoms with Crippen LogP contribution in [0.1, 0.15) is 17.3 Å². The third-order valence-corrected chi connectivity index (χ3v) is 2.66. The number of hydrogen-bond acceptors (Lipinski definition) is 5. The monoisotopic (exact) mass is 268 g/mol. The van der Waals surface area contributed by atoms with E-state index in [1.54, 1.807) is 6.92 Å². The molecule has 0 aromatic heterocycles. The molecule has 1 aromatic rings. The molecule has 0 fully saturated rings. The molecule has 7 heteroatoms. The Hall–Kier alpha value is -2.15. The number of likely N-dealkylation sites (N-methyl/N-ethyl adjacent to an activating group) is 1. The molecule has 0 bridgehead atoms. The number of nitro benzene ring substituents is 1. The van der Waals surface area contributed by atoms with Gasteiger partial charge in [0.2, 0.25) is 0 Å². The number of aliphatic hydroxyl groups excluding tert-OH is 1. The highest BCUT2D eigenvalue weighted by molar-refractivity contribution is 5.95. The standard InChI is InChI=1S/C12H16N2O5/c1-3-13(6-7-15)12(16)9-4-5-11(19-2)10(8-9)14(17)18/h4-5,8,15H,3,6-7H2,1-2H3. The average Bonchev–Trinajstić information content (AvgIpc) is 2.43. The van der Waals surface area contributed by atoms with Crippen molar-refractivity contribution >= 4 is 11.6 Å². The summed E-state index contributed by atoms with van der Waals surface area (Å²) in [5.41, 5.74) is -0.0591. The smallest absolute Gasteiger partial charge is 0.311 e. The van der Waals surface area contributed by atoms with Crippen LogP contribution in [0.4, 0.5) is 5.69 Å². The Morgan fingerprint density at radius 2 is 2.21 bits per heavy atom. The van der Waals surface area contributed by atoms with E-state index < -0.39 is 4.92 Å². The van der Waals surface area contributed by atoms with E-state index in [-0.39, 0.29) is 36.1 Å². The van der Waals surface area contributed by atoms with Gasteiger partial charge in [-0.25, -0.2) is 0 Å². The molecule has 1 aromatic carbocycles. The zero-order valence-electron chi connectivity index (χ0n) is 10.8. The number of carbonyl (C=O) groups excluding carboxylic acids is 1. The van der Waals surface area contributed by atoms with Gasteiger partial charge < -0.3 is 14.7 Å². The van der Waals surface area contributed by atoms with Crippen molar-refractivity contribution in [1.29, 1.82) is 0 Å². The second-order valence-corrected chi connectivity index (χ2v) is 3.75. The largest absolute Gasteiger partial charge is 0.490 e. The molecule has 0 atom stereocenters. The molecule has 0 aliphatic carbocycles. The van der Waals surface area contributed by atoms with E-state index in [1.165, 1.54) is 30.2 Å². The van der Waals surface area contributed by atoms with Crippen LogP contribution in [-0.2, 0) is 0 Å². The fraction of sp³-hybridized carbons (Fsp3) is 0.417. The predicted molar refractivity (Wildman–Crippen MR) is 68.3 cm³/mol. The summed E-state index contributed by atoms with van der Waals surface area (Å²) in [5.74, 6) is -0.256. The minimum atomic E-state index is -0.599. The summed E-state index contributed by atoms with van der Waals surface area (Å²) in [6.07, 6.45) is 0. The minimum absolute atomic E-state index is 0.103. The summed E-state index contributed by atoms with van der Waals surface area (Å²) in [7, 11) is 1.33. The lowest BCUT2D eigenvalue weighted by atomic mass is 10.1. The number of rotatable bonds is 6. The first kappa shape index (κ1) is 14.9. The molecule has 7 nitrogen and oxygen atoms in total. The maximum Gasteiger partial charge on any atom is 0.311 e. The highest BCUT2D eigenvalue weighted by Gasteiger charge is 2.20. The third-order valence-electron chi connectivity index (χ3n) is 2.66. The highest BCUT2D eigenvalue weighted by Crippen LogP contribution is 2.27. The number of amides is 1. The number of carbonyl (C=O) groups is 1. The number of nitro groups is 1. The highest BCUT2D eigenvalue weighted by atomic mass is 16.6. The Balaban J connectivity index is 3.10. The van der Waals surface area contributed by atoms with E-state index in [1.807, 2.05) is 0 Å². The van der Waals surface area contributed by atoms with E-state index in [0.29, 0.717) is 6.54 Å². The zero-order chi connectivity index (χ0) is 14.4. The van der Waals surface area contributed by atoms with Gasteiger partial charge in [-0.2, -0.15) is 0 Å². The van der Waals surface area contributed by atoms with Crippen LogP contribution in [0.25, 0.3) is 0 Å². The van der Waals surface area contributed by atoms with E-state index in [2.05, 4.69) is 0 Å². The van der Waals surface area contributed by atoms with Crippen molar-refractivity contribution in [2.24, 2.45) is 0 Å². The van der Waals surface area contributed by atoms with E-state index in [9.17, 15) is 14.9 Å². The lowest BCUT2D eigenvalue weighted by molar-refractivity contribution is -0.385. The average molecular weight is 268 g/mol. The second kappa shape index (κ2) is 6.69. The van der Waals surface area contributed by atoms with Gasteiger partial charge in [0, 0.05) is 24.7 Å². The van der Waals surface area contributed by atoms with Crippen LogP contribution >= 0.6 is 0 Å². The number of hydrogen-bond donors (Lipinski definition) is 1. The summed E-state index contributed by atoms with van der Waals surface area (Å²) in [4.78, 5) is 23.8. The molecule has 0 heterocycles. The maximum absolute atomic E-state index is 12.1. The molecule has 104 valence electrons. The van der Waals surface area contributed by atoms with Gasteiger partial charge in [-0.15, -0.1) is 0 Å². The second-order valence-electron chi connectivity index (χ2n) is 3.75. The molecule has 0 saturated carbocycles. The molecule has 0 radical (unpaired) electrons. The Labute approximate surface area is 110 Å². The van der Waals surface area contributed by atoms with Crippen LogP contribution < -0.4 is 4.74 Å². The molecular weight excluding hydrogens is 252 g/mol. The van der Waals surface area contributed by atoms with Crippen molar-refractivity contribution in [3.05, 3.63) is 33.9 Å². The summed E-state index contributed by atoms with van der Waals surface area (Å²) in [6.45, 7) is 2.22. The first-order valence-corrected chi connectivity index (χ1v) is 5.77. The summed E-state index contributed by atoms with van der Waals surface area (Å²) < 4.78 is 4.87. The zero-order valence-corrected chi connectivity index (χ0v) is 10.8. The molecule has 0 spiro atoms. The van der Waals surface area contributed by atoms with Gasteiger partial charge in [0.25, 0.3) is 5.91 Å². The van der Waals surface area contributed by atoms with Crippen LogP contribution in [0, 0.1) is 10.1 Å². The number of aliphatic hydroxyl groups is 1. The van der Waals surface area contributed by atoms with Crippen LogP contribution in [0.3, 0.4) is 0 Å². The Kier molecular flexibility index (Phi) is 5.25. The molecular formula is C12H16N2O5. The van der Waals surface area contributed by atoms with Crippen LogP contribution in [0.15, 0.2) is 18.2 Å². The normalized spacial score (nSPS) is 10.1. The van der Waals surface area contributed by atoms with Crippen LogP contribution in [0.2, 0.25) is 0 Å². The minimum Gasteiger partial charge on any atom is -0.490 e. The molecule has 0 aliphatic rings. The molecule has 0 saturated heterocycles. The van der Waals surface area contributed by atoms with Gasteiger partial charge in [0.05, 0.1) is 18.6 Å². The third kappa shape index (κ3) is 3.41. The number of benzene rings is 1. The summed E-state index contributed by atoms with van der Waals surface area (Å²) in [6, 6.07) is 4.04.